The maximum Gasteiger partial charge on any atom is 0.0534 e. The van der Waals surface area contributed by atoms with Gasteiger partial charge in [0.1, 0.15) is 0 Å². The normalized spacial score (nSPS) is 10.5. The molecule has 3 heteroatoms. The Balaban J connectivity index is 2.16. The van der Waals surface area contributed by atoms with E-state index in [1.54, 1.807) is 0 Å². The number of hydrogen-bond donors (Lipinski definition) is 1. The van der Waals surface area contributed by atoms with E-state index in [0.29, 0.717) is 0 Å². The lowest BCUT2D eigenvalue weighted by atomic mass is 10.2. The molecule has 0 radical (unpaired) electrons. The van der Waals surface area contributed by atoms with Crippen molar-refractivity contribution in [2.24, 2.45) is 0 Å². The van der Waals surface area contributed by atoms with Gasteiger partial charge in [0.15, 0.2) is 0 Å². The molecule has 1 N–H and O–H groups in total. The highest BCUT2D eigenvalue weighted by molar-refractivity contribution is 5.02. The first kappa shape index (κ1) is 12.0. The second kappa shape index (κ2) is 7.23. The summed E-state index contributed by atoms with van der Waals surface area (Å²) in [5.74, 6) is 0. The van der Waals surface area contributed by atoms with Crippen LogP contribution in [0.4, 0.5) is 0 Å². The van der Waals surface area contributed by atoms with Crippen LogP contribution in [-0.4, -0.2) is 16.8 Å². The first-order chi connectivity index (χ1) is 7.36. The van der Waals surface area contributed by atoms with E-state index in [0.717, 1.165) is 19.5 Å². The average molecular weight is 207 g/mol. The molecule has 0 saturated heterocycles. The van der Waals surface area contributed by atoms with Crippen LogP contribution in [0, 0.1) is 0 Å². The van der Waals surface area contributed by atoms with E-state index in [9.17, 15) is 0 Å². The third-order valence-electron chi connectivity index (χ3n) is 2.36. The number of nitrogens with one attached hydrogen (secondary N) is 1. The molecule has 15 heavy (non-hydrogen) atoms. The highest BCUT2D eigenvalue weighted by Crippen LogP contribution is 2.03. The molecule has 0 saturated carbocycles. The highest BCUT2D eigenvalue weighted by Gasteiger charge is 1.96. The number of allylic oxidation sites excluding steroid dienone is 1. The summed E-state index contributed by atoms with van der Waals surface area (Å²) in [7, 11) is 1.95. The van der Waals surface area contributed by atoms with Gasteiger partial charge in [-0.15, -0.1) is 6.58 Å². The minimum absolute atomic E-state index is 0.899. The molecule has 0 aliphatic carbocycles. The molecule has 1 aromatic rings. The van der Waals surface area contributed by atoms with Crippen LogP contribution in [0.2, 0.25) is 0 Å². The van der Waals surface area contributed by atoms with Crippen molar-refractivity contribution < 1.29 is 0 Å². The largest absolute Gasteiger partial charge is 0.316 e. The third kappa shape index (κ3) is 4.79. The van der Waals surface area contributed by atoms with Crippen molar-refractivity contribution in [3.63, 3.8) is 0 Å². The summed E-state index contributed by atoms with van der Waals surface area (Å²) in [5.41, 5.74) is 1.25. The predicted molar refractivity (Wildman–Crippen MR) is 63.7 cm³/mol. The fraction of sp³-hybridized carbons (Fsp3) is 0.583. The topological polar surface area (TPSA) is 29.9 Å². The molecule has 3 nitrogen and oxygen atoms in total. The number of unbranched alkanes of at least 4 members (excludes halogenated alkanes) is 3. The summed E-state index contributed by atoms with van der Waals surface area (Å²) in [6.45, 7) is 5.64. The Bertz CT molecular complexity index is 278. The van der Waals surface area contributed by atoms with Crippen molar-refractivity contribution in [3.05, 3.63) is 30.6 Å². The van der Waals surface area contributed by atoms with E-state index in [1.165, 1.54) is 24.8 Å². The van der Waals surface area contributed by atoms with E-state index in [2.05, 4.69) is 23.2 Å². The Kier molecular flexibility index (Phi) is 5.78. The van der Waals surface area contributed by atoms with Gasteiger partial charge in [0.05, 0.1) is 6.20 Å². The lowest BCUT2D eigenvalue weighted by Crippen LogP contribution is -2.04. The molecule has 0 atom stereocenters. The minimum atomic E-state index is 0.899. The molecule has 0 aromatic carbocycles. The molecule has 0 aliphatic heterocycles. The molecular formula is C12H21N3. The lowest BCUT2D eigenvalue weighted by molar-refractivity contribution is 0.545. The van der Waals surface area contributed by atoms with Crippen molar-refractivity contribution >= 4 is 0 Å². The standard InChI is InChI=1S/C12H21N3/c1-3-4-5-6-7-8-15-11-12(9-13-2)10-14-15/h3,10-11,13H,1,4-9H2,2H3. The Morgan fingerprint density at radius 1 is 1.47 bits per heavy atom. The maximum absolute atomic E-state index is 4.31. The summed E-state index contributed by atoms with van der Waals surface area (Å²) in [5, 5.41) is 7.43. The molecule has 0 unspecified atom stereocenters. The minimum Gasteiger partial charge on any atom is -0.316 e. The van der Waals surface area contributed by atoms with Gasteiger partial charge in [-0.2, -0.15) is 5.10 Å². The van der Waals surface area contributed by atoms with E-state index in [1.807, 2.05) is 24.0 Å². The Hall–Kier alpha value is -1.09. The number of rotatable bonds is 8. The highest BCUT2D eigenvalue weighted by atomic mass is 15.3. The predicted octanol–water partition coefficient (Wildman–Crippen LogP) is 2.35. The number of hydrogen-bond acceptors (Lipinski definition) is 2. The second-order valence-corrected chi connectivity index (χ2v) is 3.78. The van der Waals surface area contributed by atoms with Crippen LogP contribution in [0.15, 0.2) is 25.0 Å². The van der Waals surface area contributed by atoms with E-state index >= 15 is 0 Å². The molecule has 0 spiro atoms. The molecule has 0 fully saturated rings. The van der Waals surface area contributed by atoms with E-state index in [4.69, 9.17) is 0 Å². The van der Waals surface area contributed by atoms with Gasteiger partial charge >= 0.3 is 0 Å². The monoisotopic (exact) mass is 207 g/mol. The summed E-state index contributed by atoms with van der Waals surface area (Å²) >= 11 is 0. The zero-order valence-corrected chi connectivity index (χ0v) is 9.58. The molecular weight excluding hydrogens is 186 g/mol. The second-order valence-electron chi connectivity index (χ2n) is 3.78. The van der Waals surface area contributed by atoms with Crippen LogP contribution in [0.1, 0.15) is 31.2 Å². The van der Waals surface area contributed by atoms with Crippen LogP contribution in [-0.2, 0) is 13.1 Å². The molecule has 0 amide bonds. The molecule has 0 bridgehead atoms. The summed E-state index contributed by atoms with van der Waals surface area (Å²) in [6, 6.07) is 0. The number of aryl methyl sites for hydroxylation is 1. The van der Waals surface area contributed by atoms with Crippen molar-refractivity contribution in [3.8, 4) is 0 Å². The van der Waals surface area contributed by atoms with Crippen LogP contribution < -0.4 is 5.32 Å². The van der Waals surface area contributed by atoms with Gasteiger partial charge in [0, 0.05) is 24.8 Å². The maximum atomic E-state index is 4.31. The molecule has 1 heterocycles. The Morgan fingerprint density at radius 3 is 3.07 bits per heavy atom. The lowest BCUT2D eigenvalue weighted by Gasteiger charge is -2.00. The third-order valence-corrected chi connectivity index (χ3v) is 2.36. The number of aromatic nitrogens is 2. The van der Waals surface area contributed by atoms with Gasteiger partial charge in [-0.3, -0.25) is 4.68 Å². The van der Waals surface area contributed by atoms with Crippen molar-refractivity contribution in [1.29, 1.82) is 0 Å². The van der Waals surface area contributed by atoms with Crippen LogP contribution >= 0.6 is 0 Å². The van der Waals surface area contributed by atoms with Gasteiger partial charge < -0.3 is 5.32 Å². The first-order valence-corrected chi connectivity index (χ1v) is 5.63. The van der Waals surface area contributed by atoms with Crippen molar-refractivity contribution in [2.45, 2.75) is 38.8 Å². The molecule has 1 aromatic heterocycles. The van der Waals surface area contributed by atoms with Crippen molar-refractivity contribution in [1.82, 2.24) is 15.1 Å². The first-order valence-electron chi connectivity index (χ1n) is 5.63. The van der Waals surface area contributed by atoms with Crippen LogP contribution in [0.3, 0.4) is 0 Å². The zero-order valence-electron chi connectivity index (χ0n) is 9.58. The molecule has 0 aliphatic rings. The summed E-state index contributed by atoms with van der Waals surface area (Å²) in [4.78, 5) is 0. The molecule has 1 rings (SSSR count). The quantitative estimate of drug-likeness (QED) is 0.524. The van der Waals surface area contributed by atoms with Gasteiger partial charge in [-0.25, -0.2) is 0 Å². The van der Waals surface area contributed by atoms with Gasteiger partial charge in [-0.05, 0) is 26.3 Å². The SMILES string of the molecule is C=CCCCCCn1cc(CNC)cn1. The van der Waals surface area contributed by atoms with E-state index < -0.39 is 0 Å². The van der Waals surface area contributed by atoms with Crippen molar-refractivity contribution in [2.75, 3.05) is 7.05 Å². The Labute approximate surface area is 92.2 Å². The van der Waals surface area contributed by atoms with E-state index in [-0.39, 0.29) is 0 Å². The van der Waals surface area contributed by atoms with Crippen LogP contribution in [0.25, 0.3) is 0 Å². The van der Waals surface area contributed by atoms with Gasteiger partial charge in [-0.1, -0.05) is 12.5 Å². The van der Waals surface area contributed by atoms with Gasteiger partial charge in [0.2, 0.25) is 0 Å². The Morgan fingerprint density at radius 2 is 2.33 bits per heavy atom. The molecule has 84 valence electrons. The number of nitrogens with zero attached hydrogens (tertiary/aromatic N) is 2. The fourth-order valence-electron chi connectivity index (χ4n) is 1.56. The van der Waals surface area contributed by atoms with Gasteiger partial charge in [0.25, 0.3) is 0 Å². The fourth-order valence-corrected chi connectivity index (χ4v) is 1.56. The average Bonchev–Trinajstić information content (AvgIpc) is 2.66. The summed E-state index contributed by atoms with van der Waals surface area (Å²) in [6.07, 6.45) is 10.9. The summed E-state index contributed by atoms with van der Waals surface area (Å²) < 4.78 is 2.03. The smallest absolute Gasteiger partial charge is 0.0534 e. The van der Waals surface area contributed by atoms with Crippen LogP contribution in [0.5, 0.6) is 0 Å². The zero-order chi connectivity index (χ0) is 10.9.